The quantitative estimate of drug-likeness (QED) is 0.176. The molecule has 13 nitrogen and oxygen atoms in total. The van der Waals surface area contributed by atoms with Crippen LogP contribution in [0.25, 0.3) is 0 Å². The summed E-state index contributed by atoms with van der Waals surface area (Å²) in [6, 6.07) is -3.44. The van der Waals surface area contributed by atoms with E-state index < -0.39 is 68.6 Å². The minimum absolute atomic E-state index is 0.0114. The number of rotatable bonds is 16. The number of nitrogens with zero attached hydrogens (tertiary/aromatic N) is 2. The summed E-state index contributed by atoms with van der Waals surface area (Å²) in [7, 11) is -2.03. The molecule has 6 fully saturated rings. The number of carbonyl (C=O) groups is 5. The summed E-state index contributed by atoms with van der Waals surface area (Å²) < 4.78 is 28.4. The number of piperidine rings is 1. The standard InChI is InChI=1S/C38H62N6O7S/c1-36(2,3)31(41-35(49)42-38(18-8-7-9-19-38)22-52(50,51)43(6)20-24-12-13-24)34(48)44-21-26-28(37(26,4)5)29(44)32(46)40-27(17-14-23-10-11-23)30(45)33(47)39-25-15-16-25/h23-29,31H,7-22H2,1-6H3,(H,39,47)(H,40,46)(H2,41,42,49)/t26-,27-,28-,29-,31+/m0/s1. The lowest BCUT2D eigenvalue weighted by Crippen LogP contribution is -2.64. The van der Waals surface area contributed by atoms with Crippen LogP contribution in [0.15, 0.2) is 0 Å². The molecule has 0 radical (unpaired) electrons. The van der Waals surface area contributed by atoms with Crippen LogP contribution >= 0.6 is 0 Å². The van der Waals surface area contributed by atoms with Crippen molar-refractivity contribution in [3.63, 3.8) is 0 Å². The van der Waals surface area contributed by atoms with Gasteiger partial charge in [0.2, 0.25) is 27.6 Å². The van der Waals surface area contributed by atoms with Crippen LogP contribution in [-0.2, 0) is 29.2 Å². The number of amides is 5. The number of fused-ring (bicyclic) bond motifs is 1. The average Bonchev–Trinajstić information content (AvgIpc) is 3.86. The number of nitrogens with one attached hydrogen (secondary N) is 4. The third kappa shape index (κ3) is 8.96. The number of likely N-dealkylation sites (tertiary alicyclic amines) is 1. The number of ketones is 1. The maximum Gasteiger partial charge on any atom is 0.315 e. The predicted octanol–water partition coefficient (Wildman–Crippen LogP) is 3.08. The molecule has 5 amide bonds. The molecule has 52 heavy (non-hydrogen) atoms. The molecule has 1 saturated heterocycles. The van der Waals surface area contributed by atoms with E-state index in [1.54, 1.807) is 11.9 Å². The second kappa shape index (κ2) is 14.5. The highest BCUT2D eigenvalue weighted by molar-refractivity contribution is 7.89. The number of urea groups is 1. The molecule has 5 aliphatic carbocycles. The Hall–Kier alpha value is -2.74. The third-order valence-electron chi connectivity index (χ3n) is 12.8. The summed E-state index contributed by atoms with van der Waals surface area (Å²) in [6.45, 7) is 10.5. The maximum absolute atomic E-state index is 14.6. The number of hydrogen-bond acceptors (Lipinski definition) is 7. The highest BCUT2D eigenvalue weighted by Crippen LogP contribution is 2.65. The average molecular weight is 747 g/mol. The van der Waals surface area contributed by atoms with E-state index >= 15 is 0 Å². The Morgan fingerprint density at radius 1 is 0.904 bits per heavy atom. The van der Waals surface area contributed by atoms with E-state index in [0.29, 0.717) is 44.2 Å². The van der Waals surface area contributed by atoms with E-state index in [0.717, 1.165) is 64.2 Å². The zero-order chi connectivity index (χ0) is 37.8. The second-order valence-electron chi connectivity index (χ2n) is 18.8. The molecule has 6 aliphatic rings. The monoisotopic (exact) mass is 746 g/mol. The van der Waals surface area contributed by atoms with Gasteiger partial charge in [0.15, 0.2) is 0 Å². The summed E-state index contributed by atoms with van der Waals surface area (Å²) in [6.07, 6.45) is 10.6. The van der Waals surface area contributed by atoms with Gasteiger partial charge in [0, 0.05) is 26.2 Å². The molecule has 0 aromatic heterocycles. The van der Waals surface area contributed by atoms with Gasteiger partial charge in [-0.25, -0.2) is 17.5 Å². The molecule has 1 aliphatic heterocycles. The summed E-state index contributed by atoms with van der Waals surface area (Å²) >= 11 is 0. The van der Waals surface area contributed by atoms with Gasteiger partial charge in [-0.1, -0.05) is 66.7 Å². The van der Waals surface area contributed by atoms with Crippen molar-refractivity contribution < 1.29 is 32.4 Å². The first kappa shape index (κ1) is 39.0. The molecule has 0 aromatic rings. The van der Waals surface area contributed by atoms with Crippen molar-refractivity contribution in [2.75, 3.05) is 25.9 Å². The van der Waals surface area contributed by atoms with Gasteiger partial charge in [-0.05, 0) is 85.9 Å². The smallest absolute Gasteiger partial charge is 0.315 e. The van der Waals surface area contributed by atoms with Crippen LogP contribution in [0.5, 0.6) is 0 Å². The normalized spacial score (nSPS) is 27.6. The van der Waals surface area contributed by atoms with Crippen LogP contribution in [0.3, 0.4) is 0 Å². The highest BCUT2D eigenvalue weighted by Gasteiger charge is 2.70. The molecule has 0 unspecified atom stereocenters. The van der Waals surface area contributed by atoms with Gasteiger partial charge in [0.1, 0.15) is 12.1 Å². The molecule has 0 bridgehead atoms. The SMILES string of the molecule is CN(CC1CC1)S(=O)(=O)CC1(NC(=O)N[C@H](C(=O)N2C[C@H]3[C@@H]([C@H]2C(=O)N[C@@H](CCC2CC2)C(=O)C(=O)NC2CC2)C3(C)C)C(C)(C)C)CCCCC1. The topological polar surface area (TPSA) is 174 Å². The highest BCUT2D eigenvalue weighted by atomic mass is 32.2. The molecule has 4 N–H and O–H groups in total. The molecule has 5 atom stereocenters. The van der Waals surface area contributed by atoms with Crippen molar-refractivity contribution in [1.29, 1.82) is 0 Å². The molecule has 0 spiro atoms. The Kier molecular flexibility index (Phi) is 10.9. The Morgan fingerprint density at radius 2 is 1.54 bits per heavy atom. The van der Waals surface area contributed by atoms with Crippen molar-refractivity contribution in [2.45, 2.75) is 148 Å². The van der Waals surface area contributed by atoms with Crippen molar-refractivity contribution >= 4 is 39.6 Å². The van der Waals surface area contributed by atoms with E-state index in [1.807, 2.05) is 20.8 Å². The first-order valence-electron chi connectivity index (χ1n) is 19.8. The molecular weight excluding hydrogens is 685 g/mol. The fourth-order valence-electron chi connectivity index (χ4n) is 8.78. The predicted molar refractivity (Wildman–Crippen MR) is 196 cm³/mol. The molecular formula is C38H62N6O7S. The van der Waals surface area contributed by atoms with Gasteiger partial charge in [-0.3, -0.25) is 19.2 Å². The van der Waals surface area contributed by atoms with Gasteiger partial charge in [0.05, 0.1) is 17.3 Å². The number of carbonyl (C=O) groups excluding carboxylic acids is 5. The third-order valence-corrected chi connectivity index (χ3v) is 14.8. The van der Waals surface area contributed by atoms with Gasteiger partial charge >= 0.3 is 6.03 Å². The first-order valence-corrected chi connectivity index (χ1v) is 21.4. The van der Waals surface area contributed by atoms with Crippen LogP contribution in [-0.4, -0.2) is 103 Å². The summed E-state index contributed by atoms with van der Waals surface area (Å²) in [5.74, 6) is -1.53. The molecule has 1 heterocycles. The minimum Gasteiger partial charge on any atom is -0.347 e. The zero-order valence-electron chi connectivity index (χ0n) is 32.1. The van der Waals surface area contributed by atoms with Crippen LogP contribution < -0.4 is 21.3 Å². The van der Waals surface area contributed by atoms with Crippen molar-refractivity contribution in [3.05, 3.63) is 0 Å². The lowest BCUT2D eigenvalue weighted by atomic mass is 9.83. The van der Waals surface area contributed by atoms with Crippen LogP contribution in [0.2, 0.25) is 0 Å². The number of Topliss-reactive ketones (excluding diaryl/α,β-unsaturated/α-hetero) is 1. The van der Waals surface area contributed by atoms with E-state index in [4.69, 9.17) is 0 Å². The molecule has 5 saturated carbocycles. The fourth-order valence-corrected chi connectivity index (χ4v) is 10.5. The van der Waals surface area contributed by atoms with E-state index in [9.17, 15) is 32.4 Å². The van der Waals surface area contributed by atoms with Crippen LogP contribution in [0, 0.1) is 34.5 Å². The van der Waals surface area contributed by atoms with Crippen molar-refractivity contribution in [2.24, 2.45) is 34.5 Å². The Morgan fingerprint density at radius 3 is 2.12 bits per heavy atom. The van der Waals surface area contributed by atoms with Crippen molar-refractivity contribution in [1.82, 2.24) is 30.5 Å². The minimum atomic E-state index is -3.64. The Bertz CT molecular complexity index is 1520. The summed E-state index contributed by atoms with van der Waals surface area (Å²) in [4.78, 5) is 70.4. The van der Waals surface area contributed by atoms with Crippen LogP contribution in [0.1, 0.15) is 118 Å². The zero-order valence-corrected chi connectivity index (χ0v) is 32.9. The Labute approximate surface area is 309 Å². The van der Waals surface area contributed by atoms with Crippen LogP contribution in [0.4, 0.5) is 4.79 Å². The van der Waals surface area contributed by atoms with Crippen molar-refractivity contribution in [3.8, 4) is 0 Å². The number of sulfonamides is 1. The first-order chi connectivity index (χ1) is 24.3. The van der Waals surface area contributed by atoms with E-state index in [-0.39, 0.29) is 29.0 Å². The molecule has 6 rings (SSSR count). The van der Waals surface area contributed by atoms with E-state index in [2.05, 4.69) is 35.1 Å². The molecule has 0 aromatic carbocycles. The molecule has 14 heteroatoms. The van der Waals surface area contributed by atoms with E-state index in [1.165, 1.54) is 4.31 Å². The van der Waals surface area contributed by atoms with Gasteiger partial charge in [0.25, 0.3) is 5.91 Å². The summed E-state index contributed by atoms with van der Waals surface area (Å²) in [5, 5.41) is 11.6. The van der Waals surface area contributed by atoms with Gasteiger partial charge in [-0.15, -0.1) is 0 Å². The maximum atomic E-state index is 14.6. The second-order valence-corrected chi connectivity index (χ2v) is 20.9. The number of hydrogen-bond donors (Lipinski definition) is 4. The van der Waals surface area contributed by atoms with Gasteiger partial charge < -0.3 is 26.2 Å². The largest absolute Gasteiger partial charge is 0.347 e. The molecule has 292 valence electrons. The fraction of sp³-hybridized carbons (Fsp3) is 0.868. The van der Waals surface area contributed by atoms with Gasteiger partial charge in [-0.2, -0.15) is 0 Å². The lowest BCUT2D eigenvalue weighted by molar-refractivity contribution is -0.145. The summed E-state index contributed by atoms with van der Waals surface area (Å²) in [5.41, 5.74) is -1.90. The lowest BCUT2D eigenvalue weighted by Gasteiger charge is -2.41. The Balaban J connectivity index is 1.17.